The van der Waals surface area contributed by atoms with E-state index in [1.807, 2.05) is 30.3 Å². The molecular formula is C20H16FN3O2. The van der Waals surface area contributed by atoms with E-state index in [1.54, 1.807) is 36.0 Å². The summed E-state index contributed by atoms with van der Waals surface area (Å²) in [5.41, 5.74) is 1.27. The van der Waals surface area contributed by atoms with Crippen molar-refractivity contribution in [1.82, 2.24) is 13.7 Å². The molecule has 6 heteroatoms. The van der Waals surface area contributed by atoms with Crippen LogP contribution in [0, 0.1) is 5.82 Å². The molecule has 0 unspecified atom stereocenters. The number of halogens is 1. The van der Waals surface area contributed by atoms with Crippen LogP contribution in [0.2, 0.25) is 0 Å². The van der Waals surface area contributed by atoms with Crippen molar-refractivity contribution in [2.24, 2.45) is 14.1 Å². The van der Waals surface area contributed by atoms with Gasteiger partial charge < -0.3 is 4.57 Å². The molecule has 130 valence electrons. The topological polar surface area (TPSA) is 48.9 Å². The summed E-state index contributed by atoms with van der Waals surface area (Å²) in [5.74, 6) is -0.410. The molecule has 0 aliphatic rings. The van der Waals surface area contributed by atoms with Crippen LogP contribution in [-0.4, -0.2) is 13.7 Å². The Morgan fingerprint density at radius 3 is 2.19 bits per heavy atom. The zero-order valence-corrected chi connectivity index (χ0v) is 14.3. The highest BCUT2D eigenvalue weighted by atomic mass is 19.1. The van der Waals surface area contributed by atoms with E-state index < -0.39 is 17.1 Å². The number of aromatic nitrogens is 3. The molecule has 0 spiro atoms. The van der Waals surface area contributed by atoms with Gasteiger partial charge >= 0.3 is 5.69 Å². The molecule has 0 bridgehead atoms. The molecule has 0 aliphatic carbocycles. The molecule has 0 fully saturated rings. The Bertz CT molecular complexity index is 1250. The third-order valence-corrected chi connectivity index (χ3v) is 4.60. The highest BCUT2D eigenvalue weighted by molar-refractivity contribution is 5.94. The highest BCUT2D eigenvalue weighted by Gasteiger charge is 2.21. The minimum absolute atomic E-state index is 0.317. The van der Waals surface area contributed by atoms with Gasteiger partial charge in [0.2, 0.25) is 0 Å². The van der Waals surface area contributed by atoms with Crippen LogP contribution in [0.4, 0.5) is 4.39 Å². The van der Waals surface area contributed by atoms with E-state index in [9.17, 15) is 14.0 Å². The Balaban J connectivity index is 2.25. The third kappa shape index (κ3) is 2.23. The van der Waals surface area contributed by atoms with E-state index in [1.165, 1.54) is 17.7 Å². The van der Waals surface area contributed by atoms with Gasteiger partial charge in [-0.3, -0.25) is 13.9 Å². The van der Waals surface area contributed by atoms with Gasteiger partial charge in [-0.15, -0.1) is 0 Å². The zero-order chi connectivity index (χ0) is 18.4. The van der Waals surface area contributed by atoms with Crippen molar-refractivity contribution in [2.75, 3.05) is 0 Å². The molecule has 4 aromatic rings. The zero-order valence-electron chi connectivity index (χ0n) is 14.3. The van der Waals surface area contributed by atoms with Crippen molar-refractivity contribution in [3.63, 3.8) is 0 Å². The Morgan fingerprint density at radius 2 is 1.50 bits per heavy atom. The van der Waals surface area contributed by atoms with Gasteiger partial charge in [-0.1, -0.05) is 42.5 Å². The van der Waals surface area contributed by atoms with E-state index >= 15 is 0 Å². The molecule has 0 radical (unpaired) electrons. The molecule has 2 aromatic heterocycles. The Labute approximate surface area is 148 Å². The summed E-state index contributed by atoms with van der Waals surface area (Å²) in [4.78, 5) is 25.2. The van der Waals surface area contributed by atoms with Gasteiger partial charge in [-0.25, -0.2) is 9.18 Å². The van der Waals surface area contributed by atoms with Crippen molar-refractivity contribution in [1.29, 1.82) is 0 Å². The van der Waals surface area contributed by atoms with Crippen LogP contribution in [-0.2, 0) is 14.1 Å². The van der Waals surface area contributed by atoms with Gasteiger partial charge in [-0.05, 0) is 17.7 Å². The van der Waals surface area contributed by atoms with Crippen LogP contribution in [0.25, 0.3) is 27.8 Å². The average molecular weight is 349 g/mol. The minimum Gasteiger partial charge on any atom is -0.311 e. The Morgan fingerprint density at radius 1 is 0.846 bits per heavy atom. The Kier molecular flexibility index (Phi) is 3.61. The molecule has 5 nitrogen and oxygen atoms in total. The van der Waals surface area contributed by atoms with Gasteiger partial charge in [-0.2, -0.15) is 0 Å². The average Bonchev–Trinajstić information content (AvgIpc) is 3.06. The van der Waals surface area contributed by atoms with Gasteiger partial charge in [0.15, 0.2) is 0 Å². The molecule has 0 saturated heterocycles. The predicted octanol–water partition coefficient (Wildman–Crippen LogP) is 2.83. The lowest BCUT2D eigenvalue weighted by molar-refractivity contribution is 0.619. The summed E-state index contributed by atoms with van der Waals surface area (Å²) in [6.45, 7) is 0. The molecule has 26 heavy (non-hydrogen) atoms. The lowest BCUT2D eigenvalue weighted by atomic mass is 10.1. The summed E-state index contributed by atoms with van der Waals surface area (Å²) < 4.78 is 18.6. The van der Waals surface area contributed by atoms with Crippen molar-refractivity contribution >= 4 is 10.9 Å². The molecular weight excluding hydrogens is 333 g/mol. The first-order valence-electron chi connectivity index (χ1n) is 8.12. The Hall–Kier alpha value is -3.41. The fourth-order valence-electron chi connectivity index (χ4n) is 3.26. The second kappa shape index (κ2) is 5.84. The molecule has 0 atom stereocenters. The molecule has 0 aliphatic heterocycles. The molecule has 0 amide bonds. The van der Waals surface area contributed by atoms with Crippen molar-refractivity contribution in [2.45, 2.75) is 0 Å². The molecule has 0 saturated carbocycles. The first kappa shape index (κ1) is 16.1. The fraction of sp³-hybridized carbons (Fsp3) is 0.100. The number of benzene rings is 2. The first-order chi connectivity index (χ1) is 12.5. The first-order valence-corrected chi connectivity index (χ1v) is 8.12. The second-order valence-corrected chi connectivity index (χ2v) is 6.13. The van der Waals surface area contributed by atoms with Crippen molar-refractivity contribution in [3.8, 4) is 16.9 Å². The molecule has 2 aromatic carbocycles. The summed E-state index contributed by atoms with van der Waals surface area (Å²) in [6.07, 6.45) is 1.64. The van der Waals surface area contributed by atoms with Crippen molar-refractivity contribution < 1.29 is 4.39 Å². The maximum absolute atomic E-state index is 14.5. The van der Waals surface area contributed by atoms with Gasteiger partial charge in [0.05, 0.1) is 22.3 Å². The van der Waals surface area contributed by atoms with E-state index in [2.05, 4.69) is 0 Å². The van der Waals surface area contributed by atoms with Gasteiger partial charge in [0.25, 0.3) is 5.56 Å². The van der Waals surface area contributed by atoms with E-state index in [0.29, 0.717) is 22.3 Å². The maximum Gasteiger partial charge on any atom is 0.330 e. The third-order valence-electron chi connectivity index (χ3n) is 4.60. The van der Waals surface area contributed by atoms with Crippen LogP contribution >= 0.6 is 0 Å². The van der Waals surface area contributed by atoms with Crippen LogP contribution in [0.5, 0.6) is 0 Å². The SMILES string of the molecule is Cn1c(=O)c2c(-c3ccccc3)n(-c3ccccc3F)cc2n(C)c1=O. The lowest BCUT2D eigenvalue weighted by Crippen LogP contribution is -2.36. The van der Waals surface area contributed by atoms with E-state index in [4.69, 9.17) is 0 Å². The summed E-state index contributed by atoms with van der Waals surface area (Å²) in [7, 11) is 3.05. The standard InChI is InChI=1S/C20H16FN3O2/c1-22-16-12-24(15-11-7-6-10-14(15)21)18(13-8-4-3-5-9-13)17(16)19(25)23(2)20(22)26/h3-12H,1-2H3. The predicted molar refractivity (Wildman–Crippen MR) is 99.2 cm³/mol. The number of hydrogen-bond donors (Lipinski definition) is 0. The summed E-state index contributed by atoms with van der Waals surface area (Å²) >= 11 is 0. The smallest absolute Gasteiger partial charge is 0.311 e. The lowest BCUT2D eigenvalue weighted by Gasteiger charge is -2.10. The number of fused-ring (bicyclic) bond motifs is 1. The number of hydrogen-bond acceptors (Lipinski definition) is 2. The number of rotatable bonds is 2. The number of nitrogens with zero attached hydrogens (tertiary/aromatic N) is 3. The van der Waals surface area contributed by atoms with Gasteiger partial charge in [0.1, 0.15) is 5.82 Å². The fourth-order valence-corrected chi connectivity index (χ4v) is 3.26. The normalized spacial score (nSPS) is 11.2. The van der Waals surface area contributed by atoms with Crippen LogP contribution in [0.1, 0.15) is 0 Å². The second-order valence-electron chi connectivity index (χ2n) is 6.13. The number of para-hydroxylation sites is 1. The largest absolute Gasteiger partial charge is 0.330 e. The highest BCUT2D eigenvalue weighted by Crippen LogP contribution is 2.31. The summed E-state index contributed by atoms with van der Waals surface area (Å²) in [6, 6.07) is 15.6. The van der Waals surface area contributed by atoms with Crippen LogP contribution in [0.3, 0.4) is 0 Å². The molecule has 0 N–H and O–H groups in total. The van der Waals surface area contributed by atoms with Gasteiger partial charge in [0, 0.05) is 20.3 Å². The molecule has 2 heterocycles. The molecule has 4 rings (SSSR count). The monoisotopic (exact) mass is 349 g/mol. The maximum atomic E-state index is 14.5. The minimum atomic E-state index is -0.423. The van der Waals surface area contributed by atoms with Crippen LogP contribution < -0.4 is 11.2 Å². The quantitative estimate of drug-likeness (QED) is 0.559. The van der Waals surface area contributed by atoms with E-state index in [-0.39, 0.29) is 0 Å². The summed E-state index contributed by atoms with van der Waals surface area (Å²) in [5, 5.41) is 0.379. The van der Waals surface area contributed by atoms with Crippen LogP contribution in [0.15, 0.2) is 70.4 Å². The van der Waals surface area contributed by atoms with Crippen molar-refractivity contribution in [3.05, 3.63) is 87.4 Å². The van der Waals surface area contributed by atoms with E-state index in [0.717, 1.165) is 10.1 Å². The number of aryl methyl sites for hydroxylation is 1.